The number of hydrogen-bond acceptors (Lipinski definition) is 6. The van der Waals surface area contributed by atoms with Gasteiger partial charge >= 0.3 is 0 Å². The number of nitrogens with two attached hydrogens (primary N) is 1. The Kier molecular flexibility index (Phi) is 9.59. The number of aromatic nitrogens is 3. The second-order valence-corrected chi connectivity index (χ2v) is 10.7. The van der Waals surface area contributed by atoms with Gasteiger partial charge in [-0.3, -0.25) is 14.7 Å². The molecule has 0 saturated carbocycles. The first kappa shape index (κ1) is 29.4. The fraction of sp³-hybridized carbons (Fsp3) is 0.219. The van der Waals surface area contributed by atoms with Crippen molar-refractivity contribution in [1.29, 1.82) is 0 Å². The Morgan fingerprint density at radius 1 is 1.17 bits per heavy atom. The van der Waals surface area contributed by atoms with Crippen LogP contribution in [0.3, 0.4) is 0 Å². The molecule has 10 heteroatoms. The third kappa shape index (κ3) is 6.85. The fourth-order valence-electron chi connectivity index (χ4n) is 5.13. The number of aromatic amines is 1. The van der Waals surface area contributed by atoms with E-state index in [-0.39, 0.29) is 28.2 Å². The number of halogens is 2. The highest BCUT2D eigenvalue weighted by molar-refractivity contribution is 6.40. The number of carbonyl (C=O) groups excluding carboxylic acids is 1. The Balaban J connectivity index is 1.35. The van der Waals surface area contributed by atoms with E-state index in [1.54, 1.807) is 0 Å². The Morgan fingerprint density at radius 2 is 2.00 bits per heavy atom. The number of rotatable bonds is 11. The number of amides is 1. The lowest BCUT2D eigenvalue weighted by Crippen LogP contribution is -2.34. The normalized spacial score (nSPS) is 15.6. The molecule has 0 fully saturated rings. The SMILES string of the molecule is C=C/C(Cl)=C(C(=O)NCc1cccc(CN(CCc2nc3ccccc3[nH]2)C2CCOc3cccnc32)c1)\C(Cl)=C/N. The predicted octanol–water partition coefficient (Wildman–Crippen LogP) is 5.86. The lowest BCUT2D eigenvalue weighted by molar-refractivity contribution is -0.117. The highest BCUT2D eigenvalue weighted by Crippen LogP contribution is 2.35. The summed E-state index contributed by atoms with van der Waals surface area (Å²) in [5, 5.41) is 3.06. The van der Waals surface area contributed by atoms with Crippen LogP contribution in [0.5, 0.6) is 5.75 Å². The van der Waals surface area contributed by atoms with Gasteiger partial charge in [-0.2, -0.15) is 0 Å². The summed E-state index contributed by atoms with van der Waals surface area (Å²) in [5.41, 5.74) is 10.6. The largest absolute Gasteiger partial charge is 0.492 e. The van der Waals surface area contributed by atoms with E-state index < -0.39 is 5.91 Å². The van der Waals surface area contributed by atoms with Crippen LogP contribution in [0.4, 0.5) is 0 Å². The van der Waals surface area contributed by atoms with Gasteiger partial charge in [-0.1, -0.05) is 66.2 Å². The zero-order chi connectivity index (χ0) is 29.5. The average Bonchev–Trinajstić information content (AvgIpc) is 3.45. The lowest BCUT2D eigenvalue weighted by Gasteiger charge is -2.35. The monoisotopic (exact) mass is 602 g/mol. The van der Waals surface area contributed by atoms with Gasteiger partial charge in [0, 0.05) is 44.9 Å². The highest BCUT2D eigenvalue weighted by atomic mass is 35.5. The van der Waals surface area contributed by atoms with Crippen LogP contribution < -0.4 is 15.8 Å². The van der Waals surface area contributed by atoms with E-state index in [0.717, 1.165) is 65.0 Å². The van der Waals surface area contributed by atoms with Crippen LogP contribution >= 0.6 is 23.2 Å². The number of fused-ring (bicyclic) bond motifs is 2. The summed E-state index contributed by atoms with van der Waals surface area (Å²) in [6, 6.07) is 20.1. The molecule has 0 saturated heterocycles. The molecule has 1 aliphatic rings. The van der Waals surface area contributed by atoms with Crippen LogP contribution in [0.1, 0.15) is 35.1 Å². The summed E-state index contributed by atoms with van der Waals surface area (Å²) in [6.45, 7) is 5.97. The molecule has 5 rings (SSSR count). The summed E-state index contributed by atoms with van der Waals surface area (Å²) >= 11 is 12.3. The average molecular weight is 604 g/mol. The van der Waals surface area contributed by atoms with Gasteiger partial charge in [-0.05, 0) is 41.5 Å². The zero-order valence-corrected chi connectivity index (χ0v) is 24.5. The molecule has 216 valence electrons. The Hall–Kier alpha value is -4.11. The van der Waals surface area contributed by atoms with Crippen molar-refractivity contribution in [2.75, 3.05) is 13.2 Å². The molecule has 0 radical (unpaired) electrons. The fourth-order valence-corrected chi connectivity index (χ4v) is 5.55. The van der Waals surface area contributed by atoms with Gasteiger partial charge in [0.2, 0.25) is 0 Å². The summed E-state index contributed by atoms with van der Waals surface area (Å²) in [4.78, 5) is 28.2. The molecule has 0 spiro atoms. The quantitative estimate of drug-likeness (QED) is 0.146. The first-order valence-electron chi connectivity index (χ1n) is 13.7. The summed E-state index contributed by atoms with van der Waals surface area (Å²) in [5.74, 6) is 1.33. The Morgan fingerprint density at radius 3 is 2.81 bits per heavy atom. The van der Waals surface area contributed by atoms with Gasteiger partial charge in [0.25, 0.3) is 5.91 Å². The van der Waals surface area contributed by atoms with Gasteiger partial charge < -0.3 is 20.8 Å². The van der Waals surface area contributed by atoms with Crippen molar-refractivity contribution in [3.8, 4) is 5.75 Å². The summed E-state index contributed by atoms with van der Waals surface area (Å²) in [6.07, 6.45) is 5.88. The van der Waals surface area contributed by atoms with Crippen LogP contribution in [0.2, 0.25) is 0 Å². The van der Waals surface area contributed by atoms with E-state index in [4.69, 9.17) is 43.6 Å². The van der Waals surface area contributed by atoms with E-state index in [1.807, 2.05) is 54.7 Å². The van der Waals surface area contributed by atoms with Gasteiger partial charge in [0.1, 0.15) is 11.6 Å². The van der Waals surface area contributed by atoms with Crippen LogP contribution in [-0.2, 0) is 24.3 Å². The van der Waals surface area contributed by atoms with Crippen molar-refractivity contribution in [2.45, 2.75) is 32.0 Å². The van der Waals surface area contributed by atoms with Crippen LogP contribution in [-0.4, -0.2) is 38.9 Å². The molecule has 0 bridgehead atoms. The number of para-hydroxylation sites is 2. The minimum atomic E-state index is -0.436. The number of imidazole rings is 1. The van der Waals surface area contributed by atoms with Crippen molar-refractivity contribution < 1.29 is 9.53 Å². The number of pyridine rings is 1. The van der Waals surface area contributed by atoms with Crippen molar-refractivity contribution in [2.24, 2.45) is 5.73 Å². The van der Waals surface area contributed by atoms with E-state index >= 15 is 0 Å². The maximum atomic E-state index is 12.9. The first-order valence-corrected chi connectivity index (χ1v) is 14.4. The van der Waals surface area contributed by atoms with E-state index in [2.05, 4.69) is 33.9 Å². The molecule has 1 atom stereocenters. The van der Waals surface area contributed by atoms with Gasteiger partial charge in [-0.15, -0.1) is 0 Å². The number of carbonyl (C=O) groups is 1. The number of nitrogens with one attached hydrogen (secondary N) is 2. The molecule has 1 unspecified atom stereocenters. The predicted molar refractivity (Wildman–Crippen MR) is 167 cm³/mol. The minimum Gasteiger partial charge on any atom is -0.492 e. The molecule has 1 amide bonds. The molecular formula is C32H32Cl2N6O2. The molecule has 3 heterocycles. The third-order valence-electron chi connectivity index (χ3n) is 7.14. The maximum Gasteiger partial charge on any atom is 0.254 e. The van der Waals surface area contributed by atoms with Gasteiger partial charge in [0.05, 0.1) is 45.0 Å². The molecule has 1 aliphatic heterocycles. The number of H-pyrrole nitrogens is 1. The van der Waals surface area contributed by atoms with E-state index in [1.165, 1.54) is 6.08 Å². The number of ether oxygens (including phenoxy) is 1. The first-order chi connectivity index (χ1) is 20.5. The van der Waals surface area contributed by atoms with Crippen molar-refractivity contribution >= 4 is 40.1 Å². The van der Waals surface area contributed by atoms with Crippen LogP contribution in [0.15, 0.2) is 101 Å². The smallest absolute Gasteiger partial charge is 0.254 e. The van der Waals surface area contributed by atoms with E-state index in [0.29, 0.717) is 13.2 Å². The van der Waals surface area contributed by atoms with Crippen LogP contribution in [0, 0.1) is 0 Å². The van der Waals surface area contributed by atoms with Crippen LogP contribution in [0.25, 0.3) is 11.0 Å². The lowest BCUT2D eigenvalue weighted by atomic mass is 10.0. The van der Waals surface area contributed by atoms with E-state index in [9.17, 15) is 4.79 Å². The molecule has 0 aliphatic carbocycles. The standard InChI is InChI=1S/C32H32Cl2N6O2/c1-2-23(33)30(24(34)18-35)32(41)37-19-21-7-5-8-22(17-21)20-40(27-13-16-42-28-11-6-14-36-31(27)28)15-12-29-38-25-9-3-4-10-26(25)39-29/h2-11,14,17-18,27H,1,12-13,15-16,19-20,35H2,(H,37,41)(H,38,39)/b24-18+,30-23-. The number of benzene rings is 2. The molecule has 4 N–H and O–H groups in total. The zero-order valence-electron chi connectivity index (χ0n) is 23.0. The Labute approximate surface area is 254 Å². The van der Waals surface area contributed by atoms with Crippen molar-refractivity contribution in [3.63, 3.8) is 0 Å². The molecule has 8 nitrogen and oxygen atoms in total. The summed E-state index contributed by atoms with van der Waals surface area (Å²) in [7, 11) is 0. The number of hydrogen-bond donors (Lipinski definition) is 3. The van der Waals surface area contributed by atoms with Gasteiger partial charge in [-0.25, -0.2) is 4.98 Å². The number of allylic oxidation sites excluding steroid dienone is 2. The topological polar surface area (TPSA) is 109 Å². The van der Waals surface area contributed by atoms with Crippen molar-refractivity contribution in [1.82, 2.24) is 25.2 Å². The molecule has 2 aromatic carbocycles. The molecular weight excluding hydrogens is 571 g/mol. The van der Waals surface area contributed by atoms with Gasteiger partial charge in [0.15, 0.2) is 0 Å². The molecule has 2 aromatic heterocycles. The molecule has 42 heavy (non-hydrogen) atoms. The molecule has 4 aromatic rings. The third-order valence-corrected chi connectivity index (χ3v) is 7.80. The second kappa shape index (κ2) is 13.7. The number of nitrogens with zero attached hydrogens (tertiary/aromatic N) is 3. The minimum absolute atomic E-state index is 0.0524. The highest BCUT2D eigenvalue weighted by Gasteiger charge is 2.28. The Bertz CT molecular complexity index is 1610. The second-order valence-electron chi connectivity index (χ2n) is 9.91. The maximum absolute atomic E-state index is 12.9. The summed E-state index contributed by atoms with van der Waals surface area (Å²) < 4.78 is 5.91. The van der Waals surface area contributed by atoms with Crippen molar-refractivity contribution in [3.05, 3.63) is 124 Å².